The molecule has 0 unspecified atom stereocenters. The second kappa shape index (κ2) is 6.60. The molecule has 102 valence electrons. The zero-order chi connectivity index (χ0) is 14.4. The third-order valence-electron chi connectivity index (χ3n) is 2.69. The molecule has 20 heavy (non-hydrogen) atoms. The highest BCUT2D eigenvalue weighted by molar-refractivity contribution is 5.93. The lowest BCUT2D eigenvalue weighted by molar-refractivity contribution is -0.133. The fraction of sp³-hybridized carbons (Fsp3) is 0.188. The van der Waals surface area contributed by atoms with Crippen LogP contribution >= 0.6 is 0 Å². The van der Waals surface area contributed by atoms with Crippen LogP contribution in [0.5, 0.6) is 5.75 Å². The first-order valence-corrected chi connectivity index (χ1v) is 5.99. The van der Waals surface area contributed by atoms with Crippen LogP contribution < -0.4 is 4.74 Å². The van der Waals surface area contributed by atoms with Gasteiger partial charge in [0.15, 0.2) is 6.79 Å². The molecule has 0 N–H and O–H groups in total. The van der Waals surface area contributed by atoms with E-state index in [2.05, 4.69) is 16.6 Å². The highest BCUT2D eigenvalue weighted by Crippen LogP contribution is 2.29. The van der Waals surface area contributed by atoms with Gasteiger partial charge in [-0.1, -0.05) is 36.3 Å². The van der Waals surface area contributed by atoms with Crippen LogP contribution in [0.1, 0.15) is 5.56 Å². The molecule has 0 aliphatic heterocycles. The first kappa shape index (κ1) is 13.9. The fourth-order valence-electron chi connectivity index (χ4n) is 1.78. The molecule has 0 amide bonds. The first-order chi connectivity index (χ1) is 9.76. The third-order valence-corrected chi connectivity index (χ3v) is 2.69. The first-order valence-electron chi connectivity index (χ1n) is 5.99. The van der Waals surface area contributed by atoms with E-state index in [1.54, 1.807) is 7.11 Å². The van der Waals surface area contributed by atoms with Crippen LogP contribution in [0.4, 0.5) is 0 Å². The molecular formula is C16H14O4. The molecule has 4 nitrogen and oxygen atoms in total. The summed E-state index contributed by atoms with van der Waals surface area (Å²) in [6, 6.07) is 11.5. The monoisotopic (exact) mass is 270 g/mol. The number of carbonyl (C=O) groups excluding carboxylic acids is 1. The van der Waals surface area contributed by atoms with Gasteiger partial charge in [-0.05, 0) is 11.5 Å². The maximum atomic E-state index is 11.1. The van der Waals surface area contributed by atoms with Gasteiger partial charge in [0.2, 0.25) is 0 Å². The molecule has 2 aromatic carbocycles. The highest BCUT2D eigenvalue weighted by atomic mass is 16.7. The van der Waals surface area contributed by atoms with Gasteiger partial charge in [-0.3, -0.25) is 0 Å². The molecule has 0 saturated heterocycles. The van der Waals surface area contributed by atoms with Gasteiger partial charge < -0.3 is 14.2 Å². The molecule has 0 atom stereocenters. The fourth-order valence-corrected chi connectivity index (χ4v) is 1.78. The van der Waals surface area contributed by atoms with Crippen molar-refractivity contribution >= 4 is 16.7 Å². The van der Waals surface area contributed by atoms with E-state index in [1.165, 1.54) is 7.11 Å². The topological polar surface area (TPSA) is 44.8 Å². The van der Waals surface area contributed by atoms with Gasteiger partial charge >= 0.3 is 5.97 Å². The Labute approximate surface area is 117 Å². The number of hydrogen-bond acceptors (Lipinski definition) is 4. The maximum absolute atomic E-state index is 11.1. The van der Waals surface area contributed by atoms with Gasteiger partial charge in [-0.2, -0.15) is 0 Å². The number of rotatable bonds is 3. The van der Waals surface area contributed by atoms with Crippen molar-refractivity contribution in [2.24, 2.45) is 0 Å². The van der Waals surface area contributed by atoms with Gasteiger partial charge in [-0.15, -0.1) is 0 Å². The van der Waals surface area contributed by atoms with Crippen LogP contribution in [0.25, 0.3) is 10.8 Å². The number of esters is 1. The molecule has 0 fully saturated rings. The molecule has 2 aromatic rings. The molecule has 0 saturated carbocycles. The summed E-state index contributed by atoms with van der Waals surface area (Å²) in [5.41, 5.74) is 0.617. The van der Waals surface area contributed by atoms with Crippen molar-refractivity contribution in [1.29, 1.82) is 0 Å². The zero-order valence-corrected chi connectivity index (χ0v) is 11.3. The lowest BCUT2D eigenvalue weighted by Gasteiger charge is -2.10. The normalized spacial score (nSPS) is 9.70. The maximum Gasteiger partial charge on any atom is 0.384 e. The van der Waals surface area contributed by atoms with E-state index in [0.29, 0.717) is 11.3 Å². The van der Waals surface area contributed by atoms with Gasteiger partial charge in [0, 0.05) is 18.4 Å². The summed E-state index contributed by atoms with van der Waals surface area (Å²) in [5.74, 6) is 5.17. The van der Waals surface area contributed by atoms with Crippen molar-refractivity contribution in [2.45, 2.75) is 0 Å². The summed E-state index contributed by atoms with van der Waals surface area (Å²) >= 11 is 0. The van der Waals surface area contributed by atoms with E-state index in [4.69, 9.17) is 9.47 Å². The molecule has 0 bridgehead atoms. The van der Waals surface area contributed by atoms with Crippen molar-refractivity contribution < 1.29 is 19.0 Å². The minimum absolute atomic E-state index is 0.112. The Morgan fingerprint density at radius 2 is 1.95 bits per heavy atom. The second-order valence-corrected chi connectivity index (χ2v) is 3.96. The summed E-state index contributed by atoms with van der Waals surface area (Å²) in [6.07, 6.45) is 0. The quantitative estimate of drug-likeness (QED) is 0.488. The molecule has 0 spiro atoms. The summed E-state index contributed by atoms with van der Waals surface area (Å²) in [6.45, 7) is 0.112. The Balaban J connectivity index is 2.51. The van der Waals surface area contributed by atoms with Gasteiger partial charge in [0.25, 0.3) is 0 Å². The predicted octanol–water partition coefficient (Wildman–Crippen LogP) is 2.35. The lowest BCUT2D eigenvalue weighted by Crippen LogP contribution is -2.01. The molecule has 0 heterocycles. The van der Waals surface area contributed by atoms with Crippen molar-refractivity contribution in [3.8, 4) is 17.6 Å². The largest absolute Gasteiger partial charge is 0.466 e. The van der Waals surface area contributed by atoms with Crippen LogP contribution in [0.15, 0.2) is 36.4 Å². The van der Waals surface area contributed by atoms with Crippen molar-refractivity contribution in [1.82, 2.24) is 0 Å². The van der Waals surface area contributed by atoms with E-state index in [-0.39, 0.29) is 6.79 Å². The molecule has 0 aliphatic rings. The number of methoxy groups -OCH3 is 2. The van der Waals surface area contributed by atoms with Crippen molar-refractivity contribution in [2.75, 3.05) is 21.0 Å². The summed E-state index contributed by atoms with van der Waals surface area (Å²) in [5, 5.41) is 1.95. The molecular weight excluding hydrogens is 256 g/mol. The lowest BCUT2D eigenvalue weighted by atomic mass is 10.1. The van der Waals surface area contributed by atoms with Gasteiger partial charge in [0.1, 0.15) is 5.75 Å². The molecule has 0 aliphatic carbocycles. The van der Waals surface area contributed by atoms with E-state index in [9.17, 15) is 4.79 Å². The average molecular weight is 270 g/mol. The number of fused-ring (bicyclic) bond motifs is 1. The summed E-state index contributed by atoms with van der Waals surface area (Å²) in [7, 11) is 2.84. The Kier molecular flexibility index (Phi) is 4.59. The minimum atomic E-state index is -0.587. The van der Waals surface area contributed by atoms with Gasteiger partial charge in [0.05, 0.1) is 12.7 Å². The Morgan fingerprint density at radius 1 is 1.15 bits per heavy atom. The van der Waals surface area contributed by atoms with E-state index in [0.717, 1.165) is 10.8 Å². The van der Waals surface area contributed by atoms with E-state index < -0.39 is 5.97 Å². The highest BCUT2D eigenvalue weighted by Gasteiger charge is 2.07. The number of hydrogen-bond donors (Lipinski definition) is 0. The van der Waals surface area contributed by atoms with E-state index >= 15 is 0 Å². The molecule has 4 heteroatoms. The van der Waals surface area contributed by atoms with Crippen LogP contribution in [0, 0.1) is 11.8 Å². The van der Waals surface area contributed by atoms with Crippen LogP contribution in [0.2, 0.25) is 0 Å². The van der Waals surface area contributed by atoms with Crippen LogP contribution in [0.3, 0.4) is 0 Å². The van der Waals surface area contributed by atoms with Gasteiger partial charge in [-0.25, -0.2) is 4.79 Å². The molecule has 2 rings (SSSR count). The number of benzene rings is 2. The van der Waals surface area contributed by atoms with Crippen molar-refractivity contribution in [3.63, 3.8) is 0 Å². The third kappa shape index (κ3) is 3.08. The molecule has 0 aromatic heterocycles. The van der Waals surface area contributed by atoms with E-state index in [1.807, 2.05) is 36.4 Å². The Bertz CT molecular complexity index is 680. The zero-order valence-electron chi connectivity index (χ0n) is 11.3. The van der Waals surface area contributed by atoms with Crippen LogP contribution in [-0.2, 0) is 14.3 Å². The molecule has 0 radical (unpaired) electrons. The minimum Gasteiger partial charge on any atom is -0.466 e. The average Bonchev–Trinajstić information content (AvgIpc) is 2.50. The van der Waals surface area contributed by atoms with Crippen molar-refractivity contribution in [3.05, 3.63) is 42.0 Å². The second-order valence-electron chi connectivity index (χ2n) is 3.96. The predicted molar refractivity (Wildman–Crippen MR) is 75.3 cm³/mol. The summed E-state index contributed by atoms with van der Waals surface area (Å²) < 4.78 is 15.0. The summed E-state index contributed by atoms with van der Waals surface area (Å²) in [4.78, 5) is 11.1. The standard InChI is InChI=1S/C16H14O4/c1-18-11-20-16-13(9-10-15(17)19-2)8-7-12-5-3-4-6-14(12)16/h3-8H,11H2,1-2H3. The number of ether oxygens (including phenoxy) is 3. The Morgan fingerprint density at radius 3 is 2.70 bits per heavy atom. The smallest absolute Gasteiger partial charge is 0.384 e. The Hall–Kier alpha value is -2.51. The SMILES string of the molecule is COCOc1c(C#CC(=O)OC)ccc2ccccc12. The van der Waals surface area contributed by atoms with Crippen LogP contribution in [-0.4, -0.2) is 27.0 Å². The number of carbonyl (C=O) groups is 1.